The Bertz CT molecular complexity index is 78.8. The van der Waals surface area contributed by atoms with Crippen molar-refractivity contribution in [2.45, 2.75) is 32.6 Å². The number of hydrogen-bond acceptors (Lipinski definition) is 0. The lowest BCUT2D eigenvalue weighted by Gasteiger charge is -2.02. The summed E-state index contributed by atoms with van der Waals surface area (Å²) in [5, 5.41) is 10.0. The number of rotatable bonds is 6. The van der Waals surface area contributed by atoms with E-state index in [0.717, 1.165) is 12.8 Å². The van der Waals surface area contributed by atoms with Gasteiger partial charge in [0.15, 0.2) is 0 Å². The smallest absolute Gasteiger partial charge is 0.0822 e. The summed E-state index contributed by atoms with van der Waals surface area (Å²) in [6.45, 7) is 5.94. The van der Waals surface area contributed by atoms with Crippen LogP contribution in [-0.2, 0) is 5.11 Å². The Labute approximate surface area is 63.8 Å². The normalized spacial score (nSPS) is 13.0. The van der Waals surface area contributed by atoms with Gasteiger partial charge in [-0.15, -0.1) is 6.58 Å². The highest BCUT2D eigenvalue weighted by Crippen LogP contribution is 2.09. The summed E-state index contributed by atoms with van der Waals surface area (Å²) in [6, 6.07) is 0. The summed E-state index contributed by atoms with van der Waals surface area (Å²) in [5.41, 5.74) is 0. The highest BCUT2D eigenvalue weighted by atomic mass is 16.2. The third-order valence-electron chi connectivity index (χ3n) is 1.71. The lowest BCUT2D eigenvalue weighted by molar-refractivity contribution is 0.185. The van der Waals surface area contributed by atoms with Crippen molar-refractivity contribution in [1.29, 1.82) is 0 Å². The van der Waals surface area contributed by atoms with Gasteiger partial charge in [0.25, 0.3) is 0 Å². The molecule has 0 saturated heterocycles. The van der Waals surface area contributed by atoms with Crippen molar-refractivity contribution in [3.05, 3.63) is 12.7 Å². The van der Waals surface area contributed by atoms with Gasteiger partial charge in [0.05, 0.1) is 6.61 Å². The van der Waals surface area contributed by atoms with Crippen LogP contribution in [-0.4, -0.2) is 6.61 Å². The first-order valence-corrected chi connectivity index (χ1v) is 4.02. The van der Waals surface area contributed by atoms with E-state index in [4.69, 9.17) is 0 Å². The van der Waals surface area contributed by atoms with Gasteiger partial charge in [-0.25, -0.2) is 5.11 Å². The van der Waals surface area contributed by atoms with Gasteiger partial charge in [0.2, 0.25) is 0 Å². The standard InChI is InChI=1S/C9H17O/c1-3-9(2)7-5-4-6-8-10/h3,9H,1,4-8H2,2H3. The fraction of sp³-hybridized carbons (Fsp3) is 0.778. The molecule has 0 fully saturated rings. The first-order chi connectivity index (χ1) is 4.81. The Morgan fingerprint density at radius 3 is 2.60 bits per heavy atom. The van der Waals surface area contributed by atoms with Crippen LogP contribution in [0.25, 0.3) is 0 Å². The second kappa shape index (κ2) is 6.81. The monoisotopic (exact) mass is 141 g/mol. The number of allylic oxidation sites excluding steroid dienone is 1. The van der Waals surface area contributed by atoms with Gasteiger partial charge in [0, 0.05) is 0 Å². The topological polar surface area (TPSA) is 19.9 Å². The van der Waals surface area contributed by atoms with E-state index in [-0.39, 0.29) is 6.61 Å². The van der Waals surface area contributed by atoms with Crippen LogP contribution < -0.4 is 0 Å². The number of unbranched alkanes of at least 4 members (excludes halogenated alkanes) is 2. The minimum absolute atomic E-state index is 0.0858. The zero-order valence-electron chi connectivity index (χ0n) is 6.81. The van der Waals surface area contributed by atoms with Crippen molar-refractivity contribution >= 4 is 0 Å². The van der Waals surface area contributed by atoms with Crippen molar-refractivity contribution < 1.29 is 5.11 Å². The molecule has 1 nitrogen and oxygen atoms in total. The van der Waals surface area contributed by atoms with Crippen molar-refractivity contribution in [2.24, 2.45) is 5.92 Å². The van der Waals surface area contributed by atoms with Crippen LogP contribution in [0.15, 0.2) is 12.7 Å². The SMILES string of the molecule is C=CC(C)CCCCC[O]. The van der Waals surface area contributed by atoms with Gasteiger partial charge in [-0.3, -0.25) is 0 Å². The summed E-state index contributed by atoms with van der Waals surface area (Å²) >= 11 is 0. The van der Waals surface area contributed by atoms with Crippen LogP contribution in [0, 0.1) is 5.92 Å². The summed E-state index contributed by atoms with van der Waals surface area (Å²) in [7, 11) is 0. The van der Waals surface area contributed by atoms with Crippen molar-refractivity contribution in [2.75, 3.05) is 6.61 Å². The molecule has 0 saturated carbocycles. The van der Waals surface area contributed by atoms with E-state index >= 15 is 0 Å². The van der Waals surface area contributed by atoms with Gasteiger partial charge in [-0.05, 0) is 18.8 Å². The Morgan fingerprint density at radius 2 is 2.10 bits per heavy atom. The highest BCUT2D eigenvalue weighted by molar-refractivity contribution is 4.74. The number of hydrogen-bond donors (Lipinski definition) is 0. The average molecular weight is 141 g/mol. The predicted octanol–water partition coefficient (Wildman–Crippen LogP) is 2.80. The van der Waals surface area contributed by atoms with Crippen molar-refractivity contribution in [1.82, 2.24) is 0 Å². The largest absolute Gasteiger partial charge is 0.237 e. The Balaban J connectivity index is 2.95. The minimum Gasteiger partial charge on any atom is -0.237 e. The summed E-state index contributed by atoms with van der Waals surface area (Å²) in [6.07, 6.45) is 6.25. The van der Waals surface area contributed by atoms with Crippen LogP contribution in [0.2, 0.25) is 0 Å². The zero-order valence-corrected chi connectivity index (χ0v) is 6.81. The lowest BCUT2D eigenvalue weighted by Crippen LogP contribution is -1.89. The van der Waals surface area contributed by atoms with Crippen molar-refractivity contribution in [3.8, 4) is 0 Å². The van der Waals surface area contributed by atoms with Crippen LogP contribution in [0.5, 0.6) is 0 Å². The molecule has 0 aromatic heterocycles. The van der Waals surface area contributed by atoms with E-state index in [2.05, 4.69) is 13.5 Å². The highest BCUT2D eigenvalue weighted by Gasteiger charge is 1.94. The molecule has 0 aliphatic rings. The molecule has 0 amide bonds. The van der Waals surface area contributed by atoms with E-state index in [1.165, 1.54) is 12.8 Å². The maximum atomic E-state index is 10.0. The third kappa shape index (κ3) is 5.83. The second-order valence-electron chi connectivity index (χ2n) is 2.77. The molecule has 0 aromatic carbocycles. The molecule has 0 heterocycles. The van der Waals surface area contributed by atoms with Crippen LogP contribution >= 0.6 is 0 Å². The Hall–Kier alpha value is -0.300. The summed E-state index contributed by atoms with van der Waals surface area (Å²) in [5.74, 6) is 0.617. The maximum absolute atomic E-state index is 10.0. The molecule has 59 valence electrons. The molecular weight excluding hydrogens is 124 g/mol. The first-order valence-electron chi connectivity index (χ1n) is 4.02. The van der Waals surface area contributed by atoms with Crippen LogP contribution in [0.1, 0.15) is 32.6 Å². The predicted molar refractivity (Wildman–Crippen MR) is 43.4 cm³/mol. The average Bonchev–Trinajstić information content (AvgIpc) is 1.98. The molecule has 0 aromatic rings. The molecule has 0 spiro atoms. The van der Waals surface area contributed by atoms with E-state index < -0.39 is 0 Å². The van der Waals surface area contributed by atoms with E-state index in [1.807, 2.05) is 6.08 Å². The van der Waals surface area contributed by atoms with Gasteiger partial charge in [-0.2, -0.15) is 0 Å². The fourth-order valence-electron chi connectivity index (χ4n) is 0.863. The zero-order chi connectivity index (χ0) is 7.82. The van der Waals surface area contributed by atoms with E-state index in [9.17, 15) is 5.11 Å². The molecule has 0 aliphatic carbocycles. The molecule has 1 unspecified atom stereocenters. The van der Waals surface area contributed by atoms with Gasteiger partial charge < -0.3 is 0 Å². The summed E-state index contributed by atoms with van der Waals surface area (Å²) < 4.78 is 0. The third-order valence-corrected chi connectivity index (χ3v) is 1.71. The molecule has 10 heavy (non-hydrogen) atoms. The quantitative estimate of drug-likeness (QED) is 0.400. The van der Waals surface area contributed by atoms with Crippen LogP contribution in [0.4, 0.5) is 0 Å². The van der Waals surface area contributed by atoms with E-state index in [1.54, 1.807) is 0 Å². The Morgan fingerprint density at radius 1 is 1.40 bits per heavy atom. The maximum Gasteiger partial charge on any atom is 0.0822 e. The molecule has 0 N–H and O–H groups in total. The molecule has 1 radical (unpaired) electrons. The minimum atomic E-state index is 0.0858. The van der Waals surface area contributed by atoms with E-state index in [0.29, 0.717) is 5.92 Å². The van der Waals surface area contributed by atoms with Crippen molar-refractivity contribution in [3.63, 3.8) is 0 Å². The molecular formula is C9H17O. The molecule has 0 bridgehead atoms. The molecule has 0 aliphatic heterocycles. The van der Waals surface area contributed by atoms with Gasteiger partial charge in [-0.1, -0.05) is 25.8 Å². The second-order valence-corrected chi connectivity index (χ2v) is 2.77. The fourth-order valence-corrected chi connectivity index (χ4v) is 0.863. The van der Waals surface area contributed by atoms with Gasteiger partial charge >= 0.3 is 0 Å². The first kappa shape index (κ1) is 9.70. The molecule has 1 atom stereocenters. The molecule has 0 rings (SSSR count). The molecule has 1 heteroatoms. The lowest BCUT2D eigenvalue weighted by atomic mass is 10.0. The Kier molecular flexibility index (Phi) is 6.61. The van der Waals surface area contributed by atoms with Crippen LogP contribution in [0.3, 0.4) is 0 Å². The van der Waals surface area contributed by atoms with Gasteiger partial charge in [0.1, 0.15) is 0 Å². The summed E-state index contributed by atoms with van der Waals surface area (Å²) in [4.78, 5) is 0.